The molecule has 1 aromatic rings. The van der Waals surface area contributed by atoms with Gasteiger partial charge in [0.15, 0.2) is 0 Å². The molecule has 0 aliphatic rings. The zero-order valence-electron chi connectivity index (χ0n) is 10.7. The van der Waals surface area contributed by atoms with Gasteiger partial charge in [0.25, 0.3) is 0 Å². The van der Waals surface area contributed by atoms with Gasteiger partial charge in [-0.2, -0.15) is 0 Å². The zero-order chi connectivity index (χ0) is 13.9. The maximum Gasteiger partial charge on any atom is 0.408 e. The Morgan fingerprint density at radius 2 is 2.06 bits per heavy atom. The van der Waals surface area contributed by atoms with Crippen LogP contribution < -0.4 is 5.32 Å². The fourth-order valence-electron chi connectivity index (χ4n) is 1.15. The number of hydrogen-bond acceptors (Lipinski definition) is 5. The molecule has 7 heteroatoms. The van der Waals surface area contributed by atoms with Gasteiger partial charge >= 0.3 is 18.0 Å². The number of hydrogen-bond donors (Lipinski definition) is 2. The van der Waals surface area contributed by atoms with E-state index in [2.05, 4.69) is 10.3 Å². The highest BCUT2D eigenvalue weighted by molar-refractivity contribution is 5.82. The molecule has 1 rings (SSSR count). The van der Waals surface area contributed by atoms with E-state index in [1.807, 2.05) is 0 Å². The fraction of sp³-hybridized carbons (Fsp3) is 0.545. The third kappa shape index (κ3) is 4.08. The quantitative estimate of drug-likeness (QED) is 0.853. The lowest BCUT2D eigenvalue weighted by Crippen LogP contribution is -2.32. The SMILES string of the molecule is Cc1nc(C(=O)O)oc1CNC(=O)OC(C)(C)C. The number of carbonyl (C=O) groups excluding carboxylic acids is 1. The van der Waals surface area contributed by atoms with E-state index in [0.29, 0.717) is 11.5 Å². The van der Waals surface area contributed by atoms with E-state index in [-0.39, 0.29) is 6.54 Å². The Kier molecular flexibility index (Phi) is 3.95. The molecule has 0 saturated heterocycles. The molecule has 0 aliphatic heterocycles. The summed E-state index contributed by atoms with van der Waals surface area (Å²) in [6.07, 6.45) is -0.602. The van der Waals surface area contributed by atoms with Gasteiger partial charge < -0.3 is 19.6 Å². The number of nitrogens with zero attached hydrogens (tertiary/aromatic N) is 1. The summed E-state index contributed by atoms with van der Waals surface area (Å²) < 4.78 is 10.0. The first kappa shape index (κ1) is 14.0. The summed E-state index contributed by atoms with van der Waals surface area (Å²) in [5.74, 6) is -1.35. The lowest BCUT2D eigenvalue weighted by atomic mass is 10.2. The number of nitrogens with one attached hydrogen (secondary N) is 1. The molecule has 0 atom stereocenters. The second-order valence-electron chi connectivity index (χ2n) is 4.69. The largest absolute Gasteiger partial charge is 0.474 e. The third-order valence-corrected chi connectivity index (χ3v) is 1.87. The second-order valence-corrected chi connectivity index (χ2v) is 4.69. The predicted octanol–water partition coefficient (Wildman–Crippen LogP) is 1.71. The van der Waals surface area contributed by atoms with Crippen LogP contribution in [-0.2, 0) is 11.3 Å². The van der Waals surface area contributed by atoms with E-state index in [9.17, 15) is 9.59 Å². The summed E-state index contributed by atoms with van der Waals surface area (Å²) in [6, 6.07) is 0. The Bertz CT molecular complexity index is 458. The number of rotatable bonds is 3. The average Bonchev–Trinajstić information content (AvgIpc) is 2.54. The van der Waals surface area contributed by atoms with Crippen LogP contribution >= 0.6 is 0 Å². The molecule has 0 unspecified atom stereocenters. The molecule has 0 fully saturated rings. The second kappa shape index (κ2) is 5.07. The number of aromatic carboxylic acids is 1. The molecule has 1 amide bonds. The lowest BCUT2D eigenvalue weighted by Gasteiger charge is -2.19. The predicted molar refractivity (Wildman–Crippen MR) is 61.3 cm³/mol. The van der Waals surface area contributed by atoms with Crippen molar-refractivity contribution in [3.63, 3.8) is 0 Å². The van der Waals surface area contributed by atoms with Crippen molar-refractivity contribution in [3.8, 4) is 0 Å². The van der Waals surface area contributed by atoms with Crippen LogP contribution in [0.2, 0.25) is 0 Å². The molecule has 7 nitrogen and oxygen atoms in total. The lowest BCUT2D eigenvalue weighted by molar-refractivity contribution is 0.0519. The van der Waals surface area contributed by atoms with Gasteiger partial charge in [-0.25, -0.2) is 14.6 Å². The summed E-state index contributed by atoms with van der Waals surface area (Å²) in [5, 5.41) is 11.1. The number of carboxylic acids is 1. The van der Waals surface area contributed by atoms with Gasteiger partial charge in [-0.05, 0) is 27.7 Å². The van der Waals surface area contributed by atoms with E-state index in [4.69, 9.17) is 14.3 Å². The maximum atomic E-state index is 11.4. The van der Waals surface area contributed by atoms with Crippen molar-refractivity contribution in [2.75, 3.05) is 0 Å². The van der Waals surface area contributed by atoms with Gasteiger partial charge in [-0.1, -0.05) is 0 Å². The molecule has 0 bridgehead atoms. The highest BCUT2D eigenvalue weighted by Gasteiger charge is 2.18. The zero-order valence-corrected chi connectivity index (χ0v) is 10.7. The van der Waals surface area contributed by atoms with E-state index in [0.717, 1.165) is 0 Å². The number of aryl methyl sites for hydroxylation is 1. The van der Waals surface area contributed by atoms with Crippen LogP contribution in [0.5, 0.6) is 0 Å². The highest BCUT2D eigenvalue weighted by atomic mass is 16.6. The van der Waals surface area contributed by atoms with Crippen LogP contribution in [0.3, 0.4) is 0 Å². The molecule has 2 N–H and O–H groups in total. The molecule has 0 saturated carbocycles. The van der Waals surface area contributed by atoms with E-state index in [1.54, 1.807) is 27.7 Å². The Labute approximate surface area is 104 Å². The Morgan fingerprint density at radius 1 is 1.44 bits per heavy atom. The first-order valence-corrected chi connectivity index (χ1v) is 5.35. The third-order valence-electron chi connectivity index (χ3n) is 1.87. The van der Waals surface area contributed by atoms with Gasteiger partial charge in [0.2, 0.25) is 0 Å². The number of oxazole rings is 1. The van der Waals surface area contributed by atoms with E-state index in [1.165, 1.54) is 0 Å². The molecular weight excluding hydrogens is 240 g/mol. The van der Waals surface area contributed by atoms with Crippen LogP contribution in [0.4, 0.5) is 4.79 Å². The van der Waals surface area contributed by atoms with Gasteiger partial charge in [0.05, 0.1) is 12.2 Å². The van der Waals surface area contributed by atoms with E-state index < -0.39 is 23.6 Å². The number of ether oxygens (including phenoxy) is 1. The summed E-state index contributed by atoms with van der Waals surface area (Å²) >= 11 is 0. The number of carboxylic acid groups (broad SMARTS) is 1. The first-order valence-electron chi connectivity index (χ1n) is 5.35. The van der Waals surface area contributed by atoms with Crippen LogP contribution in [0.15, 0.2) is 4.42 Å². The summed E-state index contributed by atoms with van der Waals surface area (Å²) in [4.78, 5) is 25.7. The highest BCUT2D eigenvalue weighted by Crippen LogP contribution is 2.11. The molecule has 0 radical (unpaired) electrons. The summed E-state index contributed by atoms with van der Waals surface area (Å²) in [7, 11) is 0. The maximum absolute atomic E-state index is 11.4. The smallest absolute Gasteiger partial charge is 0.408 e. The van der Waals surface area contributed by atoms with E-state index >= 15 is 0 Å². The fourth-order valence-corrected chi connectivity index (χ4v) is 1.15. The van der Waals surface area contributed by atoms with Crippen LogP contribution in [-0.4, -0.2) is 27.8 Å². The molecule has 0 aromatic carbocycles. The molecule has 0 aliphatic carbocycles. The molecule has 100 valence electrons. The molecule has 0 spiro atoms. The monoisotopic (exact) mass is 256 g/mol. The van der Waals surface area contributed by atoms with Crippen molar-refractivity contribution in [3.05, 3.63) is 17.3 Å². The van der Waals surface area contributed by atoms with Gasteiger partial charge in [0.1, 0.15) is 11.4 Å². The Balaban J connectivity index is 2.59. The van der Waals surface area contributed by atoms with Crippen molar-refractivity contribution >= 4 is 12.1 Å². The number of aromatic nitrogens is 1. The minimum atomic E-state index is -1.25. The Morgan fingerprint density at radius 3 is 2.50 bits per heavy atom. The molecular formula is C11H16N2O5. The summed E-state index contributed by atoms with van der Waals surface area (Å²) in [6.45, 7) is 6.86. The standard InChI is InChI=1S/C11H16N2O5/c1-6-7(17-8(13-6)9(14)15)5-12-10(16)18-11(2,3)4/h5H2,1-4H3,(H,12,16)(H,14,15). The average molecular weight is 256 g/mol. The molecule has 18 heavy (non-hydrogen) atoms. The molecule has 1 heterocycles. The van der Waals surface area contributed by atoms with Gasteiger partial charge in [-0.3, -0.25) is 0 Å². The Hall–Kier alpha value is -2.05. The van der Waals surface area contributed by atoms with Crippen molar-refractivity contribution in [2.24, 2.45) is 0 Å². The van der Waals surface area contributed by atoms with Crippen LogP contribution in [0.1, 0.15) is 42.9 Å². The number of alkyl carbamates (subject to hydrolysis) is 1. The normalized spacial score (nSPS) is 11.1. The van der Waals surface area contributed by atoms with Crippen molar-refractivity contribution < 1.29 is 23.8 Å². The number of amides is 1. The van der Waals surface area contributed by atoms with Gasteiger partial charge in [-0.15, -0.1) is 0 Å². The molecule has 1 aromatic heterocycles. The van der Waals surface area contributed by atoms with Crippen molar-refractivity contribution in [2.45, 2.75) is 39.8 Å². The minimum Gasteiger partial charge on any atom is -0.474 e. The minimum absolute atomic E-state index is 0.0288. The number of carbonyl (C=O) groups is 2. The summed E-state index contributed by atoms with van der Waals surface area (Å²) in [5.41, 5.74) is -0.171. The van der Waals surface area contributed by atoms with Gasteiger partial charge in [0, 0.05) is 0 Å². The van der Waals surface area contributed by atoms with Crippen LogP contribution in [0, 0.1) is 6.92 Å². The van der Waals surface area contributed by atoms with Crippen LogP contribution in [0.25, 0.3) is 0 Å². The topological polar surface area (TPSA) is 102 Å². The van der Waals surface area contributed by atoms with Crippen molar-refractivity contribution in [1.82, 2.24) is 10.3 Å². The first-order chi connectivity index (χ1) is 8.19. The van der Waals surface area contributed by atoms with Crippen molar-refractivity contribution in [1.29, 1.82) is 0 Å².